The molecule has 0 bridgehead atoms. The van der Waals surface area contributed by atoms with Crippen molar-refractivity contribution >= 4 is 65.2 Å². The number of rotatable bonds is 30. The van der Waals surface area contributed by atoms with Gasteiger partial charge in [0.25, 0.3) is 0 Å². The summed E-state index contributed by atoms with van der Waals surface area (Å²) in [7, 11) is 0. The quantitative estimate of drug-likeness (QED) is 0.0181. The molecule has 0 saturated carbocycles. The van der Waals surface area contributed by atoms with Crippen LogP contribution in [0.4, 0.5) is 0 Å². The SMILES string of the molecule is CC(C)C[C@H](NC(=O)[C@H](CCC(=O)O)NC(=O)CNC(=O)[C@H](CO)NC(=O)[C@@H](N)CCC(N)=O)C(=O)N[C@@H](CCCN=C(N)N)C(=O)N[C@@H](CCCN=C(N)N)C(=O)O. The molecule has 59 heavy (non-hydrogen) atoms. The normalized spacial score (nSPS) is 13.8. The van der Waals surface area contributed by atoms with Crippen LogP contribution in [0.5, 0.6) is 0 Å². The minimum atomic E-state index is -1.57. The Labute approximate surface area is 339 Å². The number of hydrogen-bond acceptors (Lipinski definition) is 13. The Bertz CT molecular complexity index is 1520. The highest BCUT2D eigenvalue weighted by atomic mass is 16.4. The smallest absolute Gasteiger partial charge is 0.326 e. The third-order valence-corrected chi connectivity index (χ3v) is 8.05. The van der Waals surface area contributed by atoms with Gasteiger partial charge in [-0.25, -0.2) is 4.79 Å². The first kappa shape index (κ1) is 52.7. The van der Waals surface area contributed by atoms with Gasteiger partial charge in [-0.15, -0.1) is 0 Å². The molecule has 26 nitrogen and oxygen atoms in total. The van der Waals surface area contributed by atoms with Gasteiger partial charge in [-0.3, -0.25) is 48.3 Å². The first-order valence-corrected chi connectivity index (χ1v) is 18.6. The van der Waals surface area contributed by atoms with E-state index in [0.29, 0.717) is 0 Å². The van der Waals surface area contributed by atoms with E-state index in [-0.39, 0.29) is 75.9 Å². The molecular weight excluding hydrogens is 784 g/mol. The van der Waals surface area contributed by atoms with Crippen LogP contribution >= 0.6 is 0 Å². The van der Waals surface area contributed by atoms with Crippen molar-refractivity contribution in [1.29, 1.82) is 0 Å². The minimum Gasteiger partial charge on any atom is -0.481 e. The zero-order valence-electron chi connectivity index (χ0n) is 33.1. The van der Waals surface area contributed by atoms with Crippen LogP contribution in [-0.4, -0.2) is 143 Å². The predicted molar refractivity (Wildman–Crippen MR) is 210 cm³/mol. The largest absolute Gasteiger partial charge is 0.481 e. The number of carbonyl (C=O) groups excluding carboxylic acids is 7. The molecule has 7 amide bonds. The summed E-state index contributed by atoms with van der Waals surface area (Å²) < 4.78 is 0. The third kappa shape index (κ3) is 24.2. The molecule has 0 aliphatic heterocycles. The number of hydrogen-bond donors (Lipinski definition) is 15. The Morgan fingerprint density at radius 3 is 1.53 bits per heavy atom. The van der Waals surface area contributed by atoms with Crippen LogP contribution in [-0.2, 0) is 43.2 Å². The molecule has 0 aromatic carbocycles. The average molecular weight is 845 g/mol. The summed E-state index contributed by atoms with van der Waals surface area (Å²) in [6.07, 6.45) is -1.28. The fraction of sp³-hybridized carbons (Fsp3) is 0.667. The molecule has 0 aromatic heterocycles. The fourth-order valence-corrected chi connectivity index (χ4v) is 5.03. The maximum absolute atomic E-state index is 13.7. The van der Waals surface area contributed by atoms with Gasteiger partial charge < -0.3 is 81.6 Å². The molecule has 0 heterocycles. The molecule has 334 valence electrons. The zero-order chi connectivity index (χ0) is 45.2. The van der Waals surface area contributed by atoms with Crippen molar-refractivity contribution in [2.24, 2.45) is 50.3 Å². The van der Waals surface area contributed by atoms with E-state index < -0.39 is 116 Å². The number of aliphatic hydroxyl groups excluding tert-OH is 1. The van der Waals surface area contributed by atoms with Crippen LogP contribution in [0.25, 0.3) is 0 Å². The molecular formula is C33H60N14O12. The van der Waals surface area contributed by atoms with Crippen LogP contribution in [0.1, 0.15) is 71.6 Å². The van der Waals surface area contributed by atoms with Gasteiger partial charge in [0.2, 0.25) is 41.4 Å². The van der Waals surface area contributed by atoms with E-state index in [1.165, 1.54) is 0 Å². The van der Waals surface area contributed by atoms with Gasteiger partial charge in [-0.05, 0) is 50.9 Å². The van der Waals surface area contributed by atoms with Crippen molar-refractivity contribution in [2.75, 3.05) is 26.2 Å². The summed E-state index contributed by atoms with van der Waals surface area (Å²) in [4.78, 5) is 120. The Morgan fingerprint density at radius 1 is 0.576 bits per heavy atom. The van der Waals surface area contributed by atoms with Crippen LogP contribution in [0.15, 0.2) is 9.98 Å². The number of aliphatic imine (C=N–C) groups is 2. The van der Waals surface area contributed by atoms with Crippen molar-refractivity contribution in [3.63, 3.8) is 0 Å². The van der Waals surface area contributed by atoms with Crippen molar-refractivity contribution < 1.29 is 58.5 Å². The number of nitrogens with one attached hydrogen (secondary N) is 6. The maximum atomic E-state index is 13.7. The number of guanidine groups is 2. The number of primary amides is 1. The number of carbonyl (C=O) groups is 9. The number of carboxylic acids is 2. The molecule has 0 aliphatic carbocycles. The summed E-state index contributed by atoms with van der Waals surface area (Å²) in [5.41, 5.74) is 32.0. The van der Waals surface area contributed by atoms with Crippen molar-refractivity contribution in [3.05, 3.63) is 0 Å². The second kappa shape index (κ2) is 28.1. The second-order valence-corrected chi connectivity index (χ2v) is 13.7. The van der Waals surface area contributed by atoms with Crippen LogP contribution in [0.3, 0.4) is 0 Å². The molecule has 0 spiro atoms. The predicted octanol–water partition coefficient (Wildman–Crippen LogP) is -6.79. The molecule has 26 heteroatoms. The Kier molecular flexibility index (Phi) is 25.1. The lowest BCUT2D eigenvalue weighted by Crippen LogP contribution is -2.58. The molecule has 0 aliphatic rings. The van der Waals surface area contributed by atoms with Gasteiger partial charge >= 0.3 is 11.9 Å². The molecule has 0 rings (SSSR count). The Balaban J connectivity index is 6.02. The van der Waals surface area contributed by atoms with E-state index in [2.05, 4.69) is 41.9 Å². The highest BCUT2D eigenvalue weighted by Crippen LogP contribution is 2.10. The van der Waals surface area contributed by atoms with Gasteiger partial charge in [0.15, 0.2) is 11.9 Å². The van der Waals surface area contributed by atoms with E-state index >= 15 is 0 Å². The highest BCUT2D eigenvalue weighted by Gasteiger charge is 2.32. The summed E-state index contributed by atoms with van der Waals surface area (Å²) in [5.74, 6) is -9.79. The maximum Gasteiger partial charge on any atom is 0.326 e. The molecule has 0 radical (unpaired) electrons. The molecule has 0 aromatic rings. The zero-order valence-corrected chi connectivity index (χ0v) is 33.1. The van der Waals surface area contributed by atoms with E-state index in [9.17, 15) is 58.5 Å². The number of nitrogens with zero attached hydrogens (tertiary/aromatic N) is 2. The molecule has 0 unspecified atom stereocenters. The molecule has 0 saturated heterocycles. The van der Waals surface area contributed by atoms with Gasteiger partial charge in [-0.1, -0.05) is 13.8 Å². The molecule has 21 N–H and O–H groups in total. The van der Waals surface area contributed by atoms with Gasteiger partial charge in [-0.2, -0.15) is 0 Å². The lowest BCUT2D eigenvalue weighted by Gasteiger charge is -2.27. The van der Waals surface area contributed by atoms with Crippen molar-refractivity contribution in [2.45, 2.75) is 108 Å². The minimum absolute atomic E-state index is 0.0153. The molecule has 0 fully saturated rings. The number of amides is 7. The Hall–Kier alpha value is -6.31. The van der Waals surface area contributed by atoms with Gasteiger partial charge in [0, 0.05) is 25.9 Å². The summed E-state index contributed by atoms with van der Waals surface area (Å²) in [5, 5.41) is 42.6. The number of nitrogens with two attached hydrogens (primary N) is 6. The van der Waals surface area contributed by atoms with Crippen LogP contribution < -0.4 is 66.3 Å². The Morgan fingerprint density at radius 2 is 1.05 bits per heavy atom. The van der Waals surface area contributed by atoms with E-state index in [1.807, 2.05) is 0 Å². The highest BCUT2D eigenvalue weighted by molar-refractivity contribution is 5.96. The topological polar surface area (TPSA) is 467 Å². The number of aliphatic hydroxyl groups is 1. The first-order valence-electron chi connectivity index (χ1n) is 18.6. The van der Waals surface area contributed by atoms with Gasteiger partial charge in [0.05, 0.1) is 19.2 Å². The number of carboxylic acid groups (broad SMARTS) is 2. The monoisotopic (exact) mass is 844 g/mol. The second-order valence-electron chi connectivity index (χ2n) is 13.7. The van der Waals surface area contributed by atoms with E-state index in [1.54, 1.807) is 13.8 Å². The first-order chi connectivity index (χ1) is 27.6. The average Bonchev–Trinajstić information content (AvgIpc) is 3.14. The number of aliphatic carboxylic acids is 2. The molecule has 6 atom stereocenters. The van der Waals surface area contributed by atoms with Crippen molar-refractivity contribution in [1.82, 2.24) is 31.9 Å². The lowest BCUT2D eigenvalue weighted by molar-refractivity contribution is -0.142. The summed E-state index contributed by atoms with van der Waals surface area (Å²) in [6, 6.07) is -8.49. The van der Waals surface area contributed by atoms with Crippen LogP contribution in [0, 0.1) is 5.92 Å². The van der Waals surface area contributed by atoms with Gasteiger partial charge in [0.1, 0.15) is 30.2 Å². The third-order valence-electron chi connectivity index (χ3n) is 8.05. The fourth-order valence-electron chi connectivity index (χ4n) is 5.03. The summed E-state index contributed by atoms with van der Waals surface area (Å²) >= 11 is 0. The van der Waals surface area contributed by atoms with Crippen LogP contribution in [0.2, 0.25) is 0 Å². The van der Waals surface area contributed by atoms with E-state index in [0.717, 1.165) is 0 Å². The van der Waals surface area contributed by atoms with E-state index in [4.69, 9.17) is 34.4 Å². The lowest BCUT2D eigenvalue weighted by atomic mass is 10.0. The van der Waals surface area contributed by atoms with Crippen molar-refractivity contribution in [3.8, 4) is 0 Å². The summed E-state index contributed by atoms with van der Waals surface area (Å²) in [6.45, 7) is 1.84. The standard InChI is InChI=1S/C33H60N14O12/c1-16(2)13-21(30(57)44-18(5-3-11-40-32(36)37)28(55)45-20(31(58)59)6-4-12-41-33(38)39)46-29(56)19(8-10-25(51)52)43-24(50)14-42-27(54)22(15-48)47-26(53)17(34)7-9-23(35)49/h16-22,48H,3-15,34H2,1-2H3,(H2,35,49)(H,42,54)(H,43,50)(H,44,57)(H,45,55)(H,46,56)(H,47,53)(H,51,52)(H,58,59)(H4,36,37,40)(H4,38,39,41)/t17-,18-,19-,20-,21-,22-/m0/s1.